The molecule has 2 aliphatic heterocycles. The first-order chi connectivity index (χ1) is 11.4. The van der Waals surface area contributed by atoms with E-state index in [1.807, 2.05) is 30.3 Å². The summed E-state index contributed by atoms with van der Waals surface area (Å²) in [5.41, 5.74) is 0.902. The Kier molecular flexibility index (Phi) is 4.89. The molecule has 2 saturated heterocycles. The topological polar surface area (TPSA) is 94.5 Å². The van der Waals surface area contributed by atoms with Crippen molar-refractivity contribution in [1.82, 2.24) is 0 Å². The Labute approximate surface area is 140 Å². The monoisotopic (exact) mass is 338 g/mol. The van der Waals surface area contributed by atoms with E-state index < -0.39 is 42.3 Å². The summed E-state index contributed by atoms with van der Waals surface area (Å²) in [5, 5.41) is 20.1. The molecule has 0 bridgehead atoms. The summed E-state index contributed by atoms with van der Waals surface area (Å²) in [7, 11) is 0. The highest BCUT2D eigenvalue weighted by atomic mass is 16.8. The maximum absolute atomic E-state index is 11.8. The molecule has 2 fully saturated rings. The molecule has 132 valence electrons. The minimum atomic E-state index is -1.64. The molecular weight excluding hydrogens is 316 g/mol. The van der Waals surface area contributed by atoms with E-state index >= 15 is 0 Å². The predicted octanol–water partition coefficient (Wildman–Crippen LogP) is 0.370. The Balaban J connectivity index is 1.74. The molecule has 1 aromatic carbocycles. The third kappa shape index (κ3) is 3.60. The van der Waals surface area contributed by atoms with Crippen molar-refractivity contribution in [2.75, 3.05) is 6.61 Å². The van der Waals surface area contributed by atoms with Crippen molar-refractivity contribution in [1.29, 1.82) is 0 Å². The molecule has 0 unspecified atom stereocenters. The molecule has 2 heterocycles. The van der Waals surface area contributed by atoms with E-state index in [-0.39, 0.29) is 13.2 Å². The van der Waals surface area contributed by atoms with Gasteiger partial charge < -0.3 is 29.2 Å². The van der Waals surface area contributed by atoms with Gasteiger partial charge in [0, 0.05) is 0 Å². The summed E-state index contributed by atoms with van der Waals surface area (Å²) in [4.78, 5) is 11.8. The lowest BCUT2D eigenvalue weighted by atomic mass is 9.95. The molecule has 0 radical (unpaired) electrons. The highest BCUT2D eigenvalue weighted by Gasteiger charge is 2.51. The van der Waals surface area contributed by atoms with Crippen LogP contribution in [0.25, 0.3) is 0 Å². The number of esters is 1. The lowest BCUT2D eigenvalue weighted by Gasteiger charge is -2.39. The second-order valence-electron chi connectivity index (χ2n) is 6.47. The lowest BCUT2D eigenvalue weighted by Crippen LogP contribution is -2.60. The van der Waals surface area contributed by atoms with Crippen LogP contribution in [0.1, 0.15) is 19.4 Å². The molecule has 2 aliphatic rings. The molecule has 0 aliphatic carbocycles. The Morgan fingerprint density at radius 2 is 1.96 bits per heavy atom. The van der Waals surface area contributed by atoms with Gasteiger partial charge in [-0.05, 0) is 19.4 Å². The van der Waals surface area contributed by atoms with Gasteiger partial charge in [0.15, 0.2) is 18.0 Å². The molecule has 0 spiro atoms. The van der Waals surface area contributed by atoms with Crippen molar-refractivity contribution in [3.63, 3.8) is 0 Å². The SMILES string of the molecule is CC1(C)OC[C@H]([C@H]2OC(=O)[C@H](O)[C@H](O)[C@H]2OCc2ccccc2)O1. The van der Waals surface area contributed by atoms with Crippen LogP contribution in [0.3, 0.4) is 0 Å². The maximum Gasteiger partial charge on any atom is 0.338 e. The van der Waals surface area contributed by atoms with Crippen LogP contribution in [-0.2, 0) is 30.3 Å². The van der Waals surface area contributed by atoms with Crippen LogP contribution in [-0.4, -0.2) is 59.1 Å². The number of cyclic esters (lactones) is 1. The van der Waals surface area contributed by atoms with Crippen molar-refractivity contribution in [3.8, 4) is 0 Å². The average molecular weight is 338 g/mol. The number of ether oxygens (including phenoxy) is 4. The van der Waals surface area contributed by atoms with Gasteiger partial charge in [0.2, 0.25) is 0 Å². The molecule has 0 aromatic heterocycles. The van der Waals surface area contributed by atoms with Gasteiger partial charge in [-0.15, -0.1) is 0 Å². The molecule has 0 saturated carbocycles. The zero-order valence-electron chi connectivity index (χ0n) is 13.6. The van der Waals surface area contributed by atoms with Crippen LogP contribution in [0.5, 0.6) is 0 Å². The fraction of sp³-hybridized carbons (Fsp3) is 0.588. The highest BCUT2D eigenvalue weighted by Crippen LogP contribution is 2.31. The molecule has 2 N–H and O–H groups in total. The van der Waals surface area contributed by atoms with Crippen molar-refractivity contribution in [3.05, 3.63) is 35.9 Å². The van der Waals surface area contributed by atoms with E-state index in [1.165, 1.54) is 0 Å². The normalized spacial score (nSPS) is 35.7. The first-order valence-corrected chi connectivity index (χ1v) is 7.91. The number of hydrogen-bond donors (Lipinski definition) is 2. The largest absolute Gasteiger partial charge is 0.455 e. The molecule has 7 heteroatoms. The van der Waals surface area contributed by atoms with E-state index in [9.17, 15) is 15.0 Å². The van der Waals surface area contributed by atoms with Gasteiger partial charge in [0.05, 0.1) is 13.2 Å². The van der Waals surface area contributed by atoms with Crippen LogP contribution in [0.2, 0.25) is 0 Å². The number of benzene rings is 1. The maximum atomic E-state index is 11.8. The molecule has 5 atom stereocenters. The van der Waals surface area contributed by atoms with Gasteiger partial charge in [-0.2, -0.15) is 0 Å². The fourth-order valence-corrected chi connectivity index (χ4v) is 2.91. The zero-order chi connectivity index (χ0) is 17.3. The van der Waals surface area contributed by atoms with E-state index in [1.54, 1.807) is 13.8 Å². The minimum Gasteiger partial charge on any atom is -0.455 e. The molecular formula is C17H22O7. The quantitative estimate of drug-likeness (QED) is 0.766. The molecule has 1 aromatic rings. The number of hydrogen-bond acceptors (Lipinski definition) is 7. The molecule has 7 nitrogen and oxygen atoms in total. The van der Waals surface area contributed by atoms with Crippen molar-refractivity contribution in [2.24, 2.45) is 0 Å². The second-order valence-corrected chi connectivity index (χ2v) is 6.47. The summed E-state index contributed by atoms with van der Waals surface area (Å²) < 4.78 is 22.3. The van der Waals surface area contributed by atoms with Gasteiger partial charge in [-0.1, -0.05) is 30.3 Å². The summed E-state index contributed by atoms with van der Waals surface area (Å²) in [6, 6.07) is 9.40. The standard InChI is InChI=1S/C17H22O7/c1-17(2)22-9-11(24-17)14-15(12(18)13(19)16(20)23-14)21-8-10-6-4-3-5-7-10/h3-7,11-15,18-19H,8-9H2,1-2H3/t11-,12+,13-,14-,15-/m1/s1. The van der Waals surface area contributed by atoms with Gasteiger partial charge in [-0.3, -0.25) is 0 Å². The van der Waals surface area contributed by atoms with E-state index in [0.717, 1.165) is 5.56 Å². The van der Waals surface area contributed by atoms with Gasteiger partial charge in [0.1, 0.15) is 18.3 Å². The Bertz CT molecular complexity index is 574. The van der Waals surface area contributed by atoms with Gasteiger partial charge >= 0.3 is 5.97 Å². The molecule has 0 amide bonds. The summed E-state index contributed by atoms with van der Waals surface area (Å²) in [6.45, 7) is 3.92. The van der Waals surface area contributed by atoms with Crippen LogP contribution in [0.15, 0.2) is 30.3 Å². The third-order valence-electron chi connectivity index (χ3n) is 4.16. The van der Waals surface area contributed by atoms with E-state index in [2.05, 4.69) is 0 Å². The first-order valence-electron chi connectivity index (χ1n) is 7.91. The van der Waals surface area contributed by atoms with Gasteiger partial charge in [-0.25, -0.2) is 4.79 Å². The lowest BCUT2D eigenvalue weighted by molar-refractivity contribution is -0.234. The number of carbonyl (C=O) groups excluding carboxylic acids is 1. The van der Waals surface area contributed by atoms with E-state index in [0.29, 0.717) is 0 Å². The summed E-state index contributed by atoms with van der Waals surface area (Å²) in [6.07, 6.45) is -5.39. The minimum absolute atomic E-state index is 0.207. The van der Waals surface area contributed by atoms with Crippen molar-refractivity contribution in [2.45, 2.75) is 56.8 Å². The van der Waals surface area contributed by atoms with E-state index in [4.69, 9.17) is 18.9 Å². The third-order valence-corrected chi connectivity index (χ3v) is 4.16. The zero-order valence-corrected chi connectivity index (χ0v) is 13.6. The number of aliphatic hydroxyl groups is 2. The predicted molar refractivity (Wildman–Crippen MR) is 81.8 cm³/mol. The van der Waals surface area contributed by atoms with Crippen LogP contribution in [0.4, 0.5) is 0 Å². The Hall–Kier alpha value is -1.51. The van der Waals surface area contributed by atoms with Crippen molar-refractivity contribution >= 4 is 5.97 Å². The number of carbonyl (C=O) groups is 1. The van der Waals surface area contributed by atoms with Gasteiger partial charge in [0.25, 0.3) is 0 Å². The Morgan fingerprint density at radius 1 is 1.25 bits per heavy atom. The molecule has 3 rings (SSSR count). The fourth-order valence-electron chi connectivity index (χ4n) is 2.91. The Morgan fingerprint density at radius 3 is 2.58 bits per heavy atom. The summed E-state index contributed by atoms with van der Waals surface area (Å²) in [5.74, 6) is -1.69. The van der Waals surface area contributed by atoms with Crippen LogP contribution in [0, 0.1) is 0 Å². The number of rotatable bonds is 4. The highest BCUT2D eigenvalue weighted by molar-refractivity contribution is 5.76. The second kappa shape index (κ2) is 6.78. The number of aliphatic hydroxyl groups excluding tert-OH is 2. The average Bonchev–Trinajstić information content (AvgIpc) is 2.92. The molecule has 24 heavy (non-hydrogen) atoms. The summed E-state index contributed by atoms with van der Waals surface area (Å²) >= 11 is 0. The first kappa shape index (κ1) is 17.3. The van der Waals surface area contributed by atoms with Crippen molar-refractivity contribution < 1.29 is 34.0 Å². The van der Waals surface area contributed by atoms with Crippen LogP contribution < -0.4 is 0 Å². The van der Waals surface area contributed by atoms with Crippen LogP contribution >= 0.6 is 0 Å². The smallest absolute Gasteiger partial charge is 0.338 e.